The molecule has 10 nitrogen and oxygen atoms in total. The first-order chi connectivity index (χ1) is 36.1. The van der Waals surface area contributed by atoms with Gasteiger partial charge in [0.05, 0.1) is 7.11 Å². The molecule has 6 aromatic carbocycles. The van der Waals surface area contributed by atoms with Crippen LogP contribution in [-0.4, -0.2) is 115 Å². The first-order valence-corrected chi connectivity index (χ1v) is 30.0. The van der Waals surface area contributed by atoms with Crippen LogP contribution in [0.4, 0.5) is 0 Å². The van der Waals surface area contributed by atoms with E-state index in [1.807, 2.05) is 48.5 Å². The molecule has 388 valence electrons. The maximum absolute atomic E-state index is 12.5. The second-order valence-corrected chi connectivity index (χ2v) is 27.5. The average Bonchev–Trinajstić information content (AvgIpc) is 3.67. The van der Waals surface area contributed by atoms with Gasteiger partial charge in [-0.3, -0.25) is 0 Å². The van der Waals surface area contributed by atoms with Crippen LogP contribution in [0.1, 0.15) is 63.9 Å². The fourth-order valence-electron chi connectivity index (χ4n) is 11.0. The number of rotatable bonds is 17. The minimum absolute atomic E-state index is 0.185. The number of hydrogen-bond donors (Lipinski definition) is 1. The van der Waals surface area contributed by atoms with Crippen molar-refractivity contribution in [3.8, 4) is 5.75 Å². The SMILES string of the molecule is COc1ccc([C@@H]2OC[C@H]3O[C@@H](CCO[Si](c4ccccc4)(c4ccccc4)C(C)(C)C)[C@H](OC(C[C@H]4O[C@H]5CC=CCO[C@@H]5[C@@H](OCc5ccc6ccccc6c5)[C@@H]4O)[Se]c4ccccc4)C/C=C\[C@@H]3O2)cc1. The Morgan fingerprint density at radius 1 is 0.703 bits per heavy atom. The van der Waals surface area contributed by atoms with Crippen LogP contribution >= 0.6 is 0 Å². The predicted octanol–water partition coefficient (Wildman–Crippen LogP) is 9.13. The summed E-state index contributed by atoms with van der Waals surface area (Å²) < 4.78 is 62.1. The van der Waals surface area contributed by atoms with Gasteiger partial charge in [0.2, 0.25) is 0 Å². The second-order valence-electron chi connectivity index (χ2n) is 20.7. The van der Waals surface area contributed by atoms with Gasteiger partial charge in [-0.2, -0.15) is 0 Å². The molecule has 0 aliphatic carbocycles. The fraction of sp³-hybridized carbons (Fsp3) is 0.387. The topological polar surface area (TPSA) is 103 Å². The summed E-state index contributed by atoms with van der Waals surface area (Å²) in [6, 6.07) is 54.5. The molecule has 1 N–H and O–H groups in total. The van der Waals surface area contributed by atoms with E-state index in [1.54, 1.807) is 7.11 Å². The molecule has 4 aliphatic rings. The quantitative estimate of drug-likeness (QED) is 0.0703. The number of fused-ring (bicyclic) bond motifs is 3. The molecule has 0 radical (unpaired) electrons. The second kappa shape index (κ2) is 24.5. The molecule has 6 aromatic rings. The molecular weight excluding hydrogens is 1010 g/mol. The Balaban J connectivity index is 0.941. The number of methoxy groups -OCH3 is 1. The van der Waals surface area contributed by atoms with Gasteiger partial charge in [0.25, 0.3) is 0 Å². The molecule has 10 rings (SSSR count). The number of benzene rings is 6. The van der Waals surface area contributed by atoms with Crippen LogP contribution in [0, 0.1) is 0 Å². The summed E-state index contributed by atoms with van der Waals surface area (Å²) in [5.74, 6) is 0.771. The summed E-state index contributed by atoms with van der Waals surface area (Å²) in [4.78, 5) is 0. The Labute approximate surface area is 444 Å². The van der Waals surface area contributed by atoms with Crippen molar-refractivity contribution in [1.82, 2.24) is 0 Å². The third-order valence-corrected chi connectivity index (χ3v) is 22.1. The van der Waals surface area contributed by atoms with E-state index >= 15 is 0 Å². The van der Waals surface area contributed by atoms with Crippen molar-refractivity contribution in [2.24, 2.45) is 0 Å². The van der Waals surface area contributed by atoms with E-state index in [4.69, 9.17) is 42.3 Å². The summed E-state index contributed by atoms with van der Waals surface area (Å²) in [6.45, 7) is 8.42. The van der Waals surface area contributed by atoms with Crippen molar-refractivity contribution < 1.29 is 47.4 Å². The third kappa shape index (κ3) is 12.2. The Morgan fingerprint density at radius 3 is 2.11 bits per heavy atom. The first kappa shape index (κ1) is 52.7. The average molecular weight is 1080 g/mol. The van der Waals surface area contributed by atoms with Crippen molar-refractivity contribution in [2.45, 2.75) is 124 Å². The number of aliphatic hydroxyl groups excluding tert-OH is 1. The van der Waals surface area contributed by atoms with Crippen LogP contribution in [0.2, 0.25) is 5.04 Å². The summed E-state index contributed by atoms with van der Waals surface area (Å²) in [6.07, 6.45) is 5.57. The Kier molecular flexibility index (Phi) is 17.4. The molecule has 0 amide bonds. The number of aliphatic hydroxyl groups is 1. The molecule has 2 fully saturated rings. The zero-order valence-electron chi connectivity index (χ0n) is 42.9. The Hall–Kier alpha value is -4.76. The predicted molar refractivity (Wildman–Crippen MR) is 293 cm³/mol. The molecule has 1 unspecified atom stereocenters. The van der Waals surface area contributed by atoms with Gasteiger partial charge in [-0.05, 0) is 0 Å². The fourth-order valence-corrected chi connectivity index (χ4v) is 17.9. The molecule has 4 heterocycles. The molecule has 12 heteroatoms. The summed E-state index contributed by atoms with van der Waals surface area (Å²) in [7, 11) is -1.23. The van der Waals surface area contributed by atoms with E-state index in [2.05, 4.69) is 154 Å². The number of ether oxygens (including phenoxy) is 8. The normalized spacial score (nSPS) is 27.2. The van der Waals surface area contributed by atoms with E-state index in [-0.39, 0.29) is 43.3 Å². The molecule has 2 saturated heterocycles. The van der Waals surface area contributed by atoms with E-state index in [9.17, 15) is 5.11 Å². The zero-order valence-corrected chi connectivity index (χ0v) is 45.6. The van der Waals surface area contributed by atoms with Gasteiger partial charge in [-0.15, -0.1) is 0 Å². The van der Waals surface area contributed by atoms with Gasteiger partial charge in [-0.25, -0.2) is 0 Å². The molecule has 0 bridgehead atoms. The van der Waals surface area contributed by atoms with Crippen molar-refractivity contribution in [3.05, 3.63) is 193 Å². The monoisotopic (exact) mass is 1080 g/mol. The molecule has 0 saturated carbocycles. The minimum atomic E-state index is -2.89. The van der Waals surface area contributed by atoms with Gasteiger partial charge in [0.1, 0.15) is 5.75 Å². The van der Waals surface area contributed by atoms with Gasteiger partial charge in [0, 0.05) is 0 Å². The molecule has 11 atom stereocenters. The van der Waals surface area contributed by atoms with Gasteiger partial charge < -0.3 is 4.74 Å². The first-order valence-electron chi connectivity index (χ1n) is 26.2. The van der Waals surface area contributed by atoms with Crippen LogP contribution in [-0.2, 0) is 44.2 Å². The summed E-state index contributed by atoms with van der Waals surface area (Å²) in [5, 5.41) is 16.7. The van der Waals surface area contributed by atoms with Crippen LogP contribution in [0.3, 0.4) is 0 Å². The Morgan fingerprint density at radius 2 is 1.39 bits per heavy atom. The van der Waals surface area contributed by atoms with Crippen molar-refractivity contribution >= 4 is 48.9 Å². The van der Waals surface area contributed by atoms with Crippen LogP contribution in [0.5, 0.6) is 5.75 Å². The molecule has 74 heavy (non-hydrogen) atoms. The third-order valence-electron chi connectivity index (χ3n) is 14.7. The van der Waals surface area contributed by atoms with Gasteiger partial charge in [0.15, 0.2) is 0 Å². The van der Waals surface area contributed by atoms with Crippen molar-refractivity contribution in [1.29, 1.82) is 0 Å². The van der Waals surface area contributed by atoms with E-state index in [1.165, 1.54) is 20.2 Å². The zero-order chi connectivity index (χ0) is 50.9. The summed E-state index contributed by atoms with van der Waals surface area (Å²) in [5.41, 5.74) is 1.94. The molecular formula is C62H70O10SeSi. The van der Waals surface area contributed by atoms with Crippen LogP contribution < -0.4 is 19.6 Å². The summed E-state index contributed by atoms with van der Waals surface area (Å²) >= 11 is -0.185. The van der Waals surface area contributed by atoms with Crippen LogP contribution in [0.15, 0.2) is 182 Å². The van der Waals surface area contributed by atoms with Crippen LogP contribution in [0.25, 0.3) is 10.8 Å². The van der Waals surface area contributed by atoms with Crippen molar-refractivity contribution in [2.75, 3.05) is 26.9 Å². The standard InChI is InChI=1S/C62H70O10SeSi/c1-62(2,3)74(49-23-10-6-11-24-49,50-25-12-7-13-26-50)68-38-36-53-51(28-18-29-52-56(69-53)42-67-61(72-52)45-32-34-47(64-4)35-33-45)71-57(73-48-21-8-5-9-22-48)40-55-58(63)60(59-54(70-55)27-16-17-37-65-59)66-41-43-30-31-44-19-14-15-20-46(44)39-43/h5-26,29-35,39,51-61,63H,27-28,36-38,40-42H2,1-4H3/b29-18-/t51-,52+,53+,54+,55-,56-,57?,58-,59+,60+,61-/m1/s1. The molecule has 4 aliphatic heterocycles. The van der Waals surface area contributed by atoms with Crippen molar-refractivity contribution in [3.63, 3.8) is 0 Å². The Bertz CT molecular complexity index is 2720. The molecule has 0 spiro atoms. The van der Waals surface area contributed by atoms with Gasteiger partial charge >= 0.3 is 423 Å². The maximum atomic E-state index is 12.5. The van der Waals surface area contributed by atoms with E-state index in [0.717, 1.165) is 22.3 Å². The number of hydrogen-bond acceptors (Lipinski definition) is 10. The van der Waals surface area contributed by atoms with E-state index in [0.29, 0.717) is 52.1 Å². The van der Waals surface area contributed by atoms with E-state index < -0.39 is 51.2 Å². The molecule has 0 aromatic heterocycles. The van der Waals surface area contributed by atoms with Gasteiger partial charge in [-0.1, -0.05) is 6.07 Å².